The maximum Gasteiger partial charge on any atom is 0.272 e. The number of piperidine rings is 1. The summed E-state index contributed by atoms with van der Waals surface area (Å²) in [6.45, 7) is 5.03. The standard InChI is InChI=1S/C17H22N6O2/c1-12-19-15(21-25-12)13-5-4-10-23(11-13)16(24)14-6-7-18-17(20-14)22-8-2-3-9-22/h6-7,13H,2-5,8-11H2,1H3/t13-/m1/s1. The number of anilines is 1. The first kappa shape index (κ1) is 16.0. The lowest BCUT2D eigenvalue weighted by Crippen LogP contribution is -2.40. The summed E-state index contributed by atoms with van der Waals surface area (Å²) >= 11 is 0. The molecule has 2 aromatic heterocycles. The molecule has 0 aromatic carbocycles. The third-order valence-corrected chi connectivity index (χ3v) is 4.87. The molecule has 25 heavy (non-hydrogen) atoms. The van der Waals surface area contributed by atoms with E-state index in [0.29, 0.717) is 29.9 Å². The molecule has 2 saturated heterocycles. The molecule has 0 bridgehead atoms. The van der Waals surface area contributed by atoms with Crippen molar-refractivity contribution in [2.75, 3.05) is 31.1 Å². The third-order valence-electron chi connectivity index (χ3n) is 4.87. The highest BCUT2D eigenvalue weighted by Gasteiger charge is 2.29. The second-order valence-corrected chi connectivity index (χ2v) is 6.70. The number of nitrogens with zero attached hydrogens (tertiary/aromatic N) is 6. The zero-order valence-electron chi connectivity index (χ0n) is 14.4. The molecule has 0 spiro atoms. The first-order chi connectivity index (χ1) is 12.2. The number of likely N-dealkylation sites (tertiary alicyclic amines) is 1. The summed E-state index contributed by atoms with van der Waals surface area (Å²) in [5.41, 5.74) is 0.460. The summed E-state index contributed by atoms with van der Waals surface area (Å²) < 4.78 is 5.08. The van der Waals surface area contributed by atoms with Gasteiger partial charge in [0.15, 0.2) is 5.82 Å². The van der Waals surface area contributed by atoms with Crippen LogP contribution in [0.1, 0.15) is 53.8 Å². The molecule has 0 N–H and O–H groups in total. The summed E-state index contributed by atoms with van der Waals surface area (Å²) in [6.07, 6.45) is 5.87. The van der Waals surface area contributed by atoms with E-state index in [0.717, 1.165) is 45.3 Å². The van der Waals surface area contributed by atoms with Gasteiger partial charge in [0.2, 0.25) is 11.8 Å². The van der Waals surface area contributed by atoms with Gasteiger partial charge in [-0.25, -0.2) is 9.97 Å². The first-order valence-corrected chi connectivity index (χ1v) is 8.88. The van der Waals surface area contributed by atoms with E-state index in [-0.39, 0.29) is 11.8 Å². The van der Waals surface area contributed by atoms with Gasteiger partial charge in [0.1, 0.15) is 5.69 Å². The maximum absolute atomic E-state index is 12.9. The van der Waals surface area contributed by atoms with Crippen molar-refractivity contribution in [1.82, 2.24) is 25.0 Å². The molecular weight excluding hydrogens is 320 g/mol. The molecule has 1 atom stereocenters. The molecule has 2 aliphatic heterocycles. The van der Waals surface area contributed by atoms with Crippen LogP contribution in [0, 0.1) is 6.92 Å². The Kier molecular flexibility index (Phi) is 4.33. The van der Waals surface area contributed by atoms with E-state index in [1.165, 1.54) is 0 Å². The average Bonchev–Trinajstić information content (AvgIpc) is 3.33. The molecule has 2 fully saturated rings. The van der Waals surface area contributed by atoms with Crippen molar-refractivity contribution in [3.05, 3.63) is 29.7 Å². The summed E-state index contributed by atoms with van der Waals surface area (Å²) in [6, 6.07) is 1.70. The number of hydrogen-bond donors (Lipinski definition) is 0. The summed E-state index contributed by atoms with van der Waals surface area (Å²) in [7, 11) is 0. The quantitative estimate of drug-likeness (QED) is 0.840. The fraction of sp³-hybridized carbons (Fsp3) is 0.588. The Morgan fingerprint density at radius 1 is 1.20 bits per heavy atom. The Labute approximate surface area is 146 Å². The van der Waals surface area contributed by atoms with Crippen LogP contribution in [0.25, 0.3) is 0 Å². The van der Waals surface area contributed by atoms with Crippen LogP contribution in [0.5, 0.6) is 0 Å². The van der Waals surface area contributed by atoms with E-state index in [9.17, 15) is 4.79 Å². The van der Waals surface area contributed by atoms with Crippen LogP contribution in [-0.4, -0.2) is 57.1 Å². The Morgan fingerprint density at radius 3 is 2.80 bits per heavy atom. The van der Waals surface area contributed by atoms with Gasteiger partial charge in [-0.1, -0.05) is 5.16 Å². The Balaban J connectivity index is 1.49. The van der Waals surface area contributed by atoms with Crippen LogP contribution in [-0.2, 0) is 0 Å². The van der Waals surface area contributed by atoms with E-state index in [1.807, 2.05) is 4.90 Å². The molecule has 4 rings (SSSR count). The van der Waals surface area contributed by atoms with Crippen LogP contribution < -0.4 is 4.90 Å². The van der Waals surface area contributed by atoms with Crippen molar-refractivity contribution in [3.63, 3.8) is 0 Å². The number of aryl methyl sites for hydroxylation is 1. The van der Waals surface area contributed by atoms with Crippen LogP contribution in [0.2, 0.25) is 0 Å². The molecule has 0 saturated carbocycles. The zero-order valence-corrected chi connectivity index (χ0v) is 14.4. The first-order valence-electron chi connectivity index (χ1n) is 8.88. The number of aromatic nitrogens is 4. The van der Waals surface area contributed by atoms with Crippen molar-refractivity contribution >= 4 is 11.9 Å². The fourth-order valence-corrected chi connectivity index (χ4v) is 3.55. The number of carbonyl (C=O) groups excluding carboxylic acids is 1. The molecule has 0 unspecified atom stereocenters. The lowest BCUT2D eigenvalue weighted by Gasteiger charge is -2.31. The second-order valence-electron chi connectivity index (χ2n) is 6.70. The summed E-state index contributed by atoms with van der Waals surface area (Å²) in [5.74, 6) is 1.98. The van der Waals surface area contributed by atoms with Crippen LogP contribution in [0.4, 0.5) is 5.95 Å². The van der Waals surface area contributed by atoms with Crippen molar-refractivity contribution in [1.29, 1.82) is 0 Å². The normalized spacial score (nSPS) is 20.9. The van der Waals surface area contributed by atoms with Gasteiger partial charge >= 0.3 is 0 Å². The van der Waals surface area contributed by atoms with E-state index >= 15 is 0 Å². The highest BCUT2D eigenvalue weighted by atomic mass is 16.5. The molecule has 1 amide bonds. The molecule has 0 aliphatic carbocycles. The fourth-order valence-electron chi connectivity index (χ4n) is 3.55. The summed E-state index contributed by atoms with van der Waals surface area (Å²) in [4.78, 5) is 30.0. The summed E-state index contributed by atoms with van der Waals surface area (Å²) in [5, 5.41) is 4.02. The van der Waals surface area contributed by atoms with Gasteiger partial charge in [-0.2, -0.15) is 4.98 Å². The largest absolute Gasteiger partial charge is 0.341 e. The molecule has 2 aliphatic rings. The molecule has 0 radical (unpaired) electrons. The monoisotopic (exact) mass is 342 g/mol. The Bertz CT molecular complexity index is 755. The third kappa shape index (κ3) is 3.33. The van der Waals surface area contributed by atoms with E-state index in [2.05, 4.69) is 25.0 Å². The topological polar surface area (TPSA) is 88.3 Å². The Hall–Kier alpha value is -2.51. The minimum Gasteiger partial charge on any atom is -0.341 e. The number of rotatable bonds is 3. The van der Waals surface area contributed by atoms with Gasteiger partial charge in [0.05, 0.1) is 0 Å². The molecule has 132 valence electrons. The van der Waals surface area contributed by atoms with Gasteiger partial charge in [0.25, 0.3) is 5.91 Å². The second kappa shape index (κ2) is 6.78. The van der Waals surface area contributed by atoms with Crippen molar-refractivity contribution in [3.8, 4) is 0 Å². The maximum atomic E-state index is 12.9. The number of carbonyl (C=O) groups is 1. The molecule has 8 heteroatoms. The van der Waals surface area contributed by atoms with Gasteiger partial charge < -0.3 is 14.3 Å². The minimum absolute atomic E-state index is 0.0484. The molecule has 4 heterocycles. The predicted molar refractivity (Wildman–Crippen MR) is 90.4 cm³/mol. The smallest absolute Gasteiger partial charge is 0.272 e. The van der Waals surface area contributed by atoms with Gasteiger partial charge in [-0.05, 0) is 31.7 Å². The zero-order chi connectivity index (χ0) is 17.2. The SMILES string of the molecule is Cc1nc([C@@H]2CCCN(C(=O)c3ccnc(N4CCCC4)n3)C2)no1. The van der Waals surface area contributed by atoms with Crippen LogP contribution in [0.15, 0.2) is 16.8 Å². The van der Waals surface area contributed by atoms with E-state index in [1.54, 1.807) is 19.2 Å². The van der Waals surface area contributed by atoms with E-state index in [4.69, 9.17) is 4.52 Å². The molecule has 2 aromatic rings. The number of hydrogen-bond acceptors (Lipinski definition) is 7. The molecular formula is C17H22N6O2. The van der Waals surface area contributed by atoms with Gasteiger partial charge in [-0.15, -0.1) is 0 Å². The highest BCUT2D eigenvalue weighted by Crippen LogP contribution is 2.26. The van der Waals surface area contributed by atoms with Gasteiger partial charge in [-0.3, -0.25) is 4.79 Å². The van der Waals surface area contributed by atoms with Crippen LogP contribution >= 0.6 is 0 Å². The molecule has 8 nitrogen and oxygen atoms in total. The Morgan fingerprint density at radius 2 is 2.04 bits per heavy atom. The van der Waals surface area contributed by atoms with Crippen molar-refractivity contribution < 1.29 is 9.32 Å². The van der Waals surface area contributed by atoms with Crippen LogP contribution in [0.3, 0.4) is 0 Å². The lowest BCUT2D eigenvalue weighted by atomic mass is 9.97. The highest BCUT2D eigenvalue weighted by molar-refractivity contribution is 5.92. The average molecular weight is 342 g/mol. The predicted octanol–water partition coefficient (Wildman–Crippen LogP) is 1.79. The minimum atomic E-state index is -0.0484. The van der Waals surface area contributed by atoms with Crippen molar-refractivity contribution in [2.45, 2.75) is 38.5 Å². The number of amides is 1. The lowest BCUT2D eigenvalue weighted by molar-refractivity contribution is 0.0697. The van der Waals surface area contributed by atoms with Crippen molar-refractivity contribution in [2.24, 2.45) is 0 Å². The van der Waals surface area contributed by atoms with Gasteiger partial charge in [0, 0.05) is 45.2 Å². The van der Waals surface area contributed by atoms with E-state index < -0.39 is 0 Å².